The van der Waals surface area contributed by atoms with E-state index in [0.29, 0.717) is 29.7 Å². The third kappa shape index (κ3) is 6.52. The average molecular weight is 377 g/mol. The third-order valence-corrected chi connectivity index (χ3v) is 4.22. The summed E-state index contributed by atoms with van der Waals surface area (Å²) < 4.78 is 11.7. The first kappa shape index (κ1) is 20.6. The van der Waals surface area contributed by atoms with Gasteiger partial charge in [0, 0.05) is 19.6 Å². The van der Waals surface area contributed by atoms with Gasteiger partial charge in [0.05, 0.1) is 11.6 Å². The Morgan fingerprint density at radius 1 is 1.04 bits per heavy atom. The van der Waals surface area contributed by atoms with E-state index >= 15 is 0 Å². The Labute approximate surface area is 162 Å². The Bertz CT molecular complexity index is 687. The van der Waals surface area contributed by atoms with Crippen molar-refractivity contribution >= 4 is 11.6 Å². The van der Waals surface area contributed by atoms with Crippen molar-refractivity contribution in [3.8, 4) is 11.5 Å². The number of nitrogens with zero attached hydrogens (tertiary/aromatic N) is 1. The van der Waals surface area contributed by atoms with Gasteiger partial charge >= 0.3 is 0 Å². The fraction of sp³-hybridized carbons (Fsp3) is 0.429. The average Bonchev–Trinajstić information content (AvgIpc) is 2.59. The summed E-state index contributed by atoms with van der Waals surface area (Å²) in [5.41, 5.74) is 3.41. The molecule has 0 saturated carbocycles. The zero-order valence-corrected chi connectivity index (χ0v) is 16.9. The Kier molecular flexibility index (Phi) is 8.23. The van der Waals surface area contributed by atoms with Crippen LogP contribution < -0.4 is 14.8 Å². The molecule has 142 valence electrons. The highest BCUT2D eigenvalue weighted by molar-refractivity contribution is 6.32. The Balaban J connectivity index is 2.05. The van der Waals surface area contributed by atoms with E-state index in [9.17, 15) is 0 Å². The summed E-state index contributed by atoms with van der Waals surface area (Å²) in [6.07, 6.45) is 0. The highest BCUT2D eigenvalue weighted by Gasteiger charge is 2.13. The van der Waals surface area contributed by atoms with E-state index in [1.54, 1.807) is 0 Å². The van der Waals surface area contributed by atoms with Crippen LogP contribution in [0.2, 0.25) is 5.02 Å². The monoisotopic (exact) mass is 376 g/mol. The van der Waals surface area contributed by atoms with Crippen LogP contribution in [-0.4, -0.2) is 38.7 Å². The molecule has 0 bridgehead atoms. The van der Waals surface area contributed by atoms with Crippen LogP contribution in [-0.2, 0) is 13.2 Å². The molecule has 26 heavy (non-hydrogen) atoms. The molecular formula is C21H29ClN2O2. The molecule has 0 unspecified atom stereocenters. The van der Waals surface area contributed by atoms with Gasteiger partial charge in [0.1, 0.15) is 6.61 Å². The molecule has 5 heteroatoms. The van der Waals surface area contributed by atoms with Gasteiger partial charge in [-0.1, -0.05) is 41.4 Å². The van der Waals surface area contributed by atoms with Crippen LogP contribution in [0.4, 0.5) is 0 Å². The smallest absolute Gasteiger partial charge is 0.180 e. The highest BCUT2D eigenvalue weighted by Crippen LogP contribution is 2.37. The molecule has 0 aliphatic rings. The molecule has 2 aromatic rings. The van der Waals surface area contributed by atoms with Gasteiger partial charge in [0.25, 0.3) is 0 Å². The molecule has 0 fully saturated rings. The summed E-state index contributed by atoms with van der Waals surface area (Å²) in [7, 11) is 4.12. The van der Waals surface area contributed by atoms with Crippen molar-refractivity contribution < 1.29 is 9.47 Å². The van der Waals surface area contributed by atoms with Crippen LogP contribution in [0.3, 0.4) is 0 Å². The summed E-state index contributed by atoms with van der Waals surface area (Å²) in [5, 5.41) is 3.99. The van der Waals surface area contributed by atoms with Crippen LogP contribution in [0.5, 0.6) is 11.5 Å². The van der Waals surface area contributed by atoms with Crippen molar-refractivity contribution in [2.45, 2.75) is 27.0 Å². The summed E-state index contributed by atoms with van der Waals surface area (Å²) in [5.74, 6) is 1.29. The van der Waals surface area contributed by atoms with Crippen LogP contribution >= 0.6 is 11.6 Å². The lowest BCUT2D eigenvalue weighted by Gasteiger charge is -2.16. The SMILES string of the molecule is CCOc1cc(CNCCN(C)C)cc(Cl)c1OCc1ccc(C)cc1. The molecule has 0 aliphatic carbocycles. The van der Waals surface area contributed by atoms with Gasteiger partial charge in [0.15, 0.2) is 11.5 Å². The molecule has 0 aliphatic heterocycles. The van der Waals surface area contributed by atoms with Gasteiger partial charge in [0.2, 0.25) is 0 Å². The number of benzene rings is 2. The van der Waals surface area contributed by atoms with E-state index in [0.717, 1.165) is 30.8 Å². The second-order valence-electron chi connectivity index (χ2n) is 6.59. The molecule has 2 rings (SSSR count). The van der Waals surface area contributed by atoms with E-state index < -0.39 is 0 Å². The highest BCUT2D eigenvalue weighted by atomic mass is 35.5. The lowest BCUT2D eigenvalue weighted by Crippen LogP contribution is -2.26. The molecular weight excluding hydrogens is 348 g/mol. The summed E-state index contributed by atoms with van der Waals surface area (Å²) in [6, 6.07) is 12.2. The molecule has 0 saturated heterocycles. The van der Waals surface area contributed by atoms with Crippen molar-refractivity contribution in [1.29, 1.82) is 0 Å². The van der Waals surface area contributed by atoms with Crippen molar-refractivity contribution in [2.24, 2.45) is 0 Å². The van der Waals surface area contributed by atoms with Gasteiger partial charge in [-0.2, -0.15) is 0 Å². The minimum atomic E-state index is 0.459. The number of nitrogens with one attached hydrogen (secondary N) is 1. The fourth-order valence-electron chi connectivity index (χ4n) is 2.50. The maximum atomic E-state index is 6.48. The van der Waals surface area contributed by atoms with Gasteiger partial charge in [-0.05, 0) is 51.2 Å². The first-order valence-corrected chi connectivity index (χ1v) is 9.36. The van der Waals surface area contributed by atoms with Crippen LogP contribution in [0.25, 0.3) is 0 Å². The standard InChI is InChI=1S/C21H29ClN2O2/c1-5-25-20-13-18(14-23-10-11-24(3)4)12-19(22)21(20)26-15-17-8-6-16(2)7-9-17/h6-9,12-13,23H,5,10-11,14-15H2,1-4H3. The van der Waals surface area contributed by atoms with E-state index in [-0.39, 0.29) is 0 Å². The van der Waals surface area contributed by atoms with Gasteiger partial charge in [-0.3, -0.25) is 0 Å². The van der Waals surface area contributed by atoms with Crippen molar-refractivity contribution in [3.63, 3.8) is 0 Å². The maximum Gasteiger partial charge on any atom is 0.180 e. The molecule has 0 amide bonds. The Morgan fingerprint density at radius 2 is 1.77 bits per heavy atom. The number of hydrogen-bond donors (Lipinski definition) is 1. The fourth-order valence-corrected chi connectivity index (χ4v) is 2.79. The summed E-state index contributed by atoms with van der Waals surface area (Å²) in [6.45, 7) is 7.70. The molecule has 1 N–H and O–H groups in total. The van der Waals surface area contributed by atoms with Crippen LogP contribution in [0.15, 0.2) is 36.4 Å². The van der Waals surface area contributed by atoms with Gasteiger partial charge in [-0.25, -0.2) is 0 Å². The van der Waals surface area contributed by atoms with E-state index in [1.807, 2.05) is 19.1 Å². The molecule has 0 atom stereocenters. The minimum Gasteiger partial charge on any atom is -0.490 e. The van der Waals surface area contributed by atoms with Crippen LogP contribution in [0, 0.1) is 6.92 Å². The van der Waals surface area contributed by atoms with E-state index in [4.69, 9.17) is 21.1 Å². The molecule has 0 heterocycles. The molecule has 2 aromatic carbocycles. The number of hydrogen-bond acceptors (Lipinski definition) is 4. The van der Waals surface area contributed by atoms with E-state index in [1.165, 1.54) is 5.56 Å². The minimum absolute atomic E-state index is 0.459. The second kappa shape index (κ2) is 10.4. The molecule has 4 nitrogen and oxygen atoms in total. The predicted molar refractivity (Wildman–Crippen MR) is 108 cm³/mol. The lowest BCUT2D eigenvalue weighted by molar-refractivity contribution is 0.269. The summed E-state index contributed by atoms with van der Waals surface area (Å²) in [4.78, 5) is 2.15. The summed E-state index contributed by atoms with van der Waals surface area (Å²) >= 11 is 6.48. The number of halogens is 1. The van der Waals surface area contributed by atoms with Crippen LogP contribution in [0.1, 0.15) is 23.6 Å². The normalized spacial score (nSPS) is 11.0. The zero-order chi connectivity index (χ0) is 18.9. The largest absolute Gasteiger partial charge is 0.490 e. The number of aryl methyl sites for hydroxylation is 1. The molecule has 0 radical (unpaired) electrons. The zero-order valence-electron chi connectivity index (χ0n) is 16.1. The quantitative estimate of drug-likeness (QED) is 0.627. The van der Waals surface area contributed by atoms with Crippen molar-refractivity contribution in [3.05, 3.63) is 58.1 Å². The third-order valence-electron chi connectivity index (χ3n) is 3.94. The first-order chi connectivity index (χ1) is 12.5. The lowest BCUT2D eigenvalue weighted by atomic mass is 10.1. The van der Waals surface area contributed by atoms with E-state index in [2.05, 4.69) is 55.5 Å². The van der Waals surface area contributed by atoms with Crippen molar-refractivity contribution in [2.75, 3.05) is 33.8 Å². The van der Waals surface area contributed by atoms with Crippen molar-refractivity contribution in [1.82, 2.24) is 10.2 Å². The number of rotatable bonds is 10. The molecule has 0 aromatic heterocycles. The molecule has 0 spiro atoms. The first-order valence-electron chi connectivity index (χ1n) is 8.98. The Hall–Kier alpha value is -1.75. The number of likely N-dealkylation sites (N-methyl/N-ethyl adjacent to an activating group) is 1. The number of ether oxygens (including phenoxy) is 2. The second-order valence-corrected chi connectivity index (χ2v) is 7.00. The van der Waals surface area contributed by atoms with Gasteiger partial charge in [-0.15, -0.1) is 0 Å². The predicted octanol–water partition coefficient (Wildman–Crippen LogP) is 4.28. The van der Waals surface area contributed by atoms with Gasteiger partial charge < -0.3 is 19.7 Å². The topological polar surface area (TPSA) is 33.7 Å². The Morgan fingerprint density at radius 3 is 2.42 bits per heavy atom. The maximum absolute atomic E-state index is 6.48.